The zero-order chi connectivity index (χ0) is 20.3. The molecule has 1 aromatic carbocycles. The van der Waals surface area contributed by atoms with Crippen molar-refractivity contribution in [3.63, 3.8) is 0 Å². The number of likely N-dealkylation sites (tertiary alicyclic amines) is 1. The molecule has 1 aliphatic carbocycles. The summed E-state index contributed by atoms with van der Waals surface area (Å²) >= 11 is 0. The summed E-state index contributed by atoms with van der Waals surface area (Å²) < 4.78 is 5.53. The topological polar surface area (TPSA) is 82.4 Å². The van der Waals surface area contributed by atoms with E-state index in [1.54, 1.807) is 4.90 Å². The number of fused-ring (bicyclic) bond motifs is 2. The number of hydrogen-bond acceptors (Lipinski definition) is 4. The van der Waals surface area contributed by atoms with Crippen LogP contribution in [0, 0.1) is 0 Å². The van der Waals surface area contributed by atoms with Crippen molar-refractivity contribution in [1.29, 1.82) is 0 Å². The fourth-order valence-corrected chi connectivity index (χ4v) is 5.11. The van der Waals surface area contributed by atoms with E-state index in [4.69, 9.17) is 4.52 Å². The minimum Gasteiger partial charge on any atom is -0.360 e. The molecule has 6 rings (SSSR count). The second-order valence-electron chi connectivity index (χ2n) is 8.82. The Labute approximate surface area is 174 Å². The molecule has 0 unspecified atom stereocenters. The fraction of sp³-hybridized carbons (Fsp3) is 0.435. The summed E-state index contributed by atoms with van der Waals surface area (Å²) in [7, 11) is 0. The van der Waals surface area contributed by atoms with Gasteiger partial charge in [-0.05, 0) is 44.2 Å². The summed E-state index contributed by atoms with van der Waals surface area (Å²) in [5.74, 6) is 0.645. The quantitative estimate of drug-likeness (QED) is 0.709. The van der Waals surface area contributed by atoms with Crippen LogP contribution in [-0.4, -0.2) is 50.4 Å². The standard InChI is InChI=1S/C23H24N4O3/c28-21(18-13-15-5-1-2-6-17(15)24-18)26-12-7-19-16(14-26)20(25-30-19)22(29)27-11-4-3-8-23(27)9-10-23/h1-2,5-6,13,24H,3-4,7-12,14H2. The molecular formula is C23H24N4O3. The fourth-order valence-electron chi connectivity index (χ4n) is 5.11. The number of piperidine rings is 1. The summed E-state index contributed by atoms with van der Waals surface area (Å²) in [6.45, 7) is 1.70. The molecular weight excluding hydrogens is 380 g/mol. The van der Waals surface area contributed by atoms with Crippen molar-refractivity contribution in [2.24, 2.45) is 0 Å². The number of carbonyl (C=O) groups excluding carboxylic acids is 2. The smallest absolute Gasteiger partial charge is 0.276 e. The zero-order valence-corrected chi connectivity index (χ0v) is 16.8. The van der Waals surface area contributed by atoms with Gasteiger partial charge in [0.15, 0.2) is 5.69 Å². The van der Waals surface area contributed by atoms with Crippen LogP contribution < -0.4 is 0 Å². The molecule has 1 spiro atoms. The van der Waals surface area contributed by atoms with E-state index >= 15 is 0 Å². The van der Waals surface area contributed by atoms with Gasteiger partial charge >= 0.3 is 0 Å². The number of benzene rings is 1. The molecule has 1 N–H and O–H groups in total. The van der Waals surface area contributed by atoms with Crippen molar-refractivity contribution < 1.29 is 14.1 Å². The predicted molar refractivity (Wildman–Crippen MR) is 110 cm³/mol. The van der Waals surface area contributed by atoms with Gasteiger partial charge in [-0.2, -0.15) is 0 Å². The second-order valence-corrected chi connectivity index (χ2v) is 8.82. The van der Waals surface area contributed by atoms with Gasteiger partial charge in [-0.25, -0.2) is 0 Å². The molecule has 3 aromatic rings. The zero-order valence-electron chi connectivity index (χ0n) is 16.8. The molecule has 0 atom stereocenters. The average Bonchev–Trinajstić information content (AvgIpc) is 3.23. The summed E-state index contributed by atoms with van der Waals surface area (Å²) in [5, 5.41) is 5.17. The third-order valence-corrected chi connectivity index (χ3v) is 7.00. The van der Waals surface area contributed by atoms with Crippen LogP contribution >= 0.6 is 0 Å². The normalized spacial score (nSPS) is 19.9. The van der Waals surface area contributed by atoms with Crippen molar-refractivity contribution in [2.75, 3.05) is 13.1 Å². The Morgan fingerprint density at radius 3 is 2.77 bits per heavy atom. The van der Waals surface area contributed by atoms with Crippen molar-refractivity contribution in [3.8, 4) is 0 Å². The highest BCUT2D eigenvalue weighted by molar-refractivity contribution is 5.99. The Morgan fingerprint density at radius 1 is 1.07 bits per heavy atom. The van der Waals surface area contributed by atoms with Crippen molar-refractivity contribution in [2.45, 2.75) is 50.6 Å². The molecule has 4 heterocycles. The second kappa shape index (κ2) is 6.45. The Morgan fingerprint density at radius 2 is 1.93 bits per heavy atom. The van der Waals surface area contributed by atoms with Gasteiger partial charge in [-0.15, -0.1) is 0 Å². The van der Waals surface area contributed by atoms with Crippen LogP contribution in [0.25, 0.3) is 10.9 Å². The minimum atomic E-state index is -0.0620. The molecule has 3 aliphatic rings. The molecule has 0 radical (unpaired) electrons. The van der Waals surface area contributed by atoms with Crippen LogP contribution in [0.15, 0.2) is 34.9 Å². The van der Waals surface area contributed by atoms with Gasteiger partial charge in [-0.1, -0.05) is 23.4 Å². The third-order valence-electron chi connectivity index (χ3n) is 7.00. The van der Waals surface area contributed by atoms with Gasteiger partial charge < -0.3 is 19.3 Å². The van der Waals surface area contributed by atoms with E-state index in [0.29, 0.717) is 30.9 Å². The first-order valence-corrected chi connectivity index (χ1v) is 10.8. The molecule has 154 valence electrons. The highest BCUT2D eigenvalue weighted by atomic mass is 16.5. The lowest BCUT2D eigenvalue weighted by atomic mass is 9.98. The number of nitrogens with zero attached hydrogens (tertiary/aromatic N) is 3. The molecule has 2 fully saturated rings. The van der Waals surface area contributed by atoms with Crippen LogP contribution in [-0.2, 0) is 13.0 Å². The summed E-state index contributed by atoms with van der Waals surface area (Å²) in [6.07, 6.45) is 6.07. The molecule has 7 nitrogen and oxygen atoms in total. The number of rotatable bonds is 2. The Kier molecular flexibility index (Phi) is 3.82. The summed E-state index contributed by atoms with van der Waals surface area (Å²) in [6, 6.07) is 9.74. The maximum atomic E-state index is 13.3. The van der Waals surface area contributed by atoms with E-state index in [1.807, 2.05) is 35.2 Å². The van der Waals surface area contributed by atoms with E-state index in [9.17, 15) is 9.59 Å². The highest BCUT2D eigenvalue weighted by Gasteiger charge is 2.51. The van der Waals surface area contributed by atoms with Crippen molar-refractivity contribution in [1.82, 2.24) is 19.9 Å². The van der Waals surface area contributed by atoms with Gasteiger partial charge in [-0.3, -0.25) is 9.59 Å². The molecule has 2 amide bonds. The molecule has 2 aromatic heterocycles. The SMILES string of the molecule is O=C(c1cc2ccccc2[nH]1)N1CCc2onc(C(=O)N3CCCCC34CC4)c2C1. The Balaban J connectivity index is 1.27. The average molecular weight is 404 g/mol. The van der Waals surface area contributed by atoms with Gasteiger partial charge in [0.1, 0.15) is 11.5 Å². The van der Waals surface area contributed by atoms with Crippen molar-refractivity contribution in [3.05, 3.63) is 53.0 Å². The third kappa shape index (κ3) is 2.68. The lowest BCUT2D eigenvalue weighted by Gasteiger charge is -2.36. The Bertz CT molecular complexity index is 1120. The van der Waals surface area contributed by atoms with Crippen LogP contribution in [0.3, 0.4) is 0 Å². The predicted octanol–water partition coefficient (Wildman–Crippen LogP) is 3.51. The maximum absolute atomic E-state index is 13.3. The number of nitrogens with one attached hydrogen (secondary N) is 1. The molecule has 0 bridgehead atoms. The van der Waals surface area contributed by atoms with E-state index in [2.05, 4.69) is 10.1 Å². The molecule has 7 heteroatoms. The largest absolute Gasteiger partial charge is 0.360 e. The molecule has 1 saturated heterocycles. The van der Waals surface area contributed by atoms with Crippen LogP contribution in [0.1, 0.15) is 64.4 Å². The number of hydrogen-bond donors (Lipinski definition) is 1. The number of aromatic amines is 1. The first kappa shape index (κ1) is 17.7. The van der Waals surface area contributed by atoms with Crippen LogP contribution in [0.2, 0.25) is 0 Å². The van der Waals surface area contributed by atoms with E-state index in [1.165, 1.54) is 6.42 Å². The number of aromatic nitrogens is 2. The maximum Gasteiger partial charge on any atom is 0.276 e. The Hall–Kier alpha value is -3.09. The molecule has 30 heavy (non-hydrogen) atoms. The summed E-state index contributed by atoms with van der Waals surface area (Å²) in [4.78, 5) is 33.5. The first-order valence-electron chi connectivity index (χ1n) is 10.8. The van der Waals surface area contributed by atoms with Gasteiger partial charge in [0.25, 0.3) is 11.8 Å². The number of H-pyrrole nitrogens is 1. The highest BCUT2D eigenvalue weighted by Crippen LogP contribution is 2.49. The van der Waals surface area contributed by atoms with Crippen LogP contribution in [0.5, 0.6) is 0 Å². The first-order chi connectivity index (χ1) is 14.6. The van der Waals surface area contributed by atoms with Gasteiger partial charge in [0.05, 0.1) is 6.54 Å². The lowest BCUT2D eigenvalue weighted by molar-refractivity contribution is 0.0558. The van der Waals surface area contributed by atoms with Crippen LogP contribution in [0.4, 0.5) is 0 Å². The van der Waals surface area contributed by atoms with E-state index in [-0.39, 0.29) is 17.4 Å². The van der Waals surface area contributed by atoms with E-state index in [0.717, 1.165) is 54.5 Å². The summed E-state index contributed by atoms with van der Waals surface area (Å²) in [5.41, 5.74) is 2.73. The van der Waals surface area contributed by atoms with Crippen molar-refractivity contribution >= 4 is 22.7 Å². The molecule has 2 aliphatic heterocycles. The number of amides is 2. The molecule has 1 saturated carbocycles. The van der Waals surface area contributed by atoms with Gasteiger partial charge in [0.2, 0.25) is 0 Å². The monoisotopic (exact) mass is 404 g/mol. The van der Waals surface area contributed by atoms with E-state index < -0.39 is 0 Å². The lowest BCUT2D eigenvalue weighted by Crippen LogP contribution is -2.46. The number of carbonyl (C=O) groups is 2. The minimum absolute atomic E-state index is 0.0305. The number of para-hydroxylation sites is 1. The van der Waals surface area contributed by atoms with Gasteiger partial charge in [0, 0.05) is 41.5 Å².